The van der Waals surface area contributed by atoms with Crippen LogP contribution < -0.4 is 14.2 Å². The molecule has 0 bridgehead atoms. The minimum Gasteiger partial charge on any atom is -0.495 e. The standard InChI is InChI=1S/C17H17ClN2O3S/c1-9(2)23-14-7-11(12-8-24-17(20-12)22-4)19-16-10(14)5-6-13(21-3)15(16)18/h5-9H,1-4H3. The number of aromatic nitrogens is 2. The maximum atomic E-state index is 6.46. The topological polar surface area (TPSA) is 53.5 Å². The summed E-state index contributed by atoms with van der Waals surface area (Å²) in [6, 6.07) is 5.58. The van der Waals surface area contributed by atoms with E-state index >= 15 is 0 Å². The van der Waals surface area contributed by atoms with Gasteiger partial charge in [-0.3, -0.25) is 0 Å². The van der Waals surface area contributed by atoms with Gasteiger partial charge in [0, 0.05) is 16.8 Å². The molecule has 3 rings (SSSR count). The SMILES string of the molecule is COc1nc(-c2cc(OC(C)C)c3ccc(OC)c(Cl)c3n2)cs1. The van der Waals surface area contributed by atoms with Gasteiger partial charge < -0.3 is 14.2 Å². The summed E-state index contributed by atoms with van der Waals surface area (Å²) in [6.45, 7) is 3.95. The first-order chi connectivity index (χ1) is 11.5. The Bertz CT molecular complexity index is 880. The van der Waals surface area contributed by atoms with Crippen LogP contribution in [-0.4, -0.2) is 30.3 Å². The molecule has 0 unspecified atom stereocenters. The van der Waals surface area contributed by atoms with Crippen molar-refractivity contribution in [3.8, 4) is 28.1 Å². The number of thiazole rings is 1. The van der Waals surface area contributed by atoms with Crippen molar-refractivity contribution in [1.29, 1.82) is 0 Å². The molecular weight excluding hydrogens is 348 g/mol. The molecule has 7 heteroatoms. The highest BCUT2D eigenvalue weighted by Crippen LogP contribution is 2.38. The Kier molecular flexibility index (Phi) is 4.78. The van der Waals surface area contributed by atoms with Crippen LogP contribution in [-0.2, 0) is 0 Å². The Morgan fingerprint density at radius 3 is 2.46 bits per heavy atom. The molecule has 24 heavy (non-hydrogen) atoms. The lowest BCUT2D eigenvalue weighted by Crippen LogP contribution is -2.06. The highest BCUT2D eigenvalue weighted by atomic mass is 35.5. The van der Waals surface area contributed by atoms with Crippen LogP contribution in [0.25, 0.3) is 22.3 Å². The fourth-order valence-electron chi connectivity index (χ4n) is 2.32. The van der Waals surface area contributed by atoms with Gasteiger partial charge in [-0.2, -0.15) is 0 Å². The minimum absolute atomic E-state index is 0.0225. The zero-order valence-corrected chi connectivity index (χ0v) is 15.4. The average Bonchev–Trinajstić information content (AvgIpc) is 3.04. The van der Waals surface area contributed by atoms with Crippen LogP contribution >= 0.6 is 22.9 Å². The molecule has 0 amide bonds. The second-order valence-corrected chi connectivity index (χ2v) is 6.55. The van der Waals surface area contributed by atoms with E-state index in [1.54, 1.807) is 14.2 Å². The lowest BCUT2D eigenvalue weighted by molar-refractivity contribution is 0.245. The molecule has 2 heterocycles. The fraction of sp³-hybridized carbons (Fsp3) is 0.294. The third-order valence-electron chi connectivity index (χ3n) is 3.35. The largest absolute Gasteiger partial charge is 0.495 e. The molecule has 0 fully saturated rings. The summed E-state index contributed by atoms with van der Waals surface area (Å²) in [4.78, 5) is 9.07. The van der Waals surface area contributed by atoms with Crippen molar-refractivity contribution in [3.05, 3.63) is 28.6 Å². The van der Waals surface area contributed by atoms with Gasteiger partial charge in [-0.25, -0.2) is 9.97 Å². The van der Waals surface area contributed by atoms with E-state index in [0.29, 0.717) is 38.6 Å². The van der Waals surface area contributed by atoms with Gasteiger partial charge in [-0.05, 0) is 26.0 Å². The van der Waals surface area contributed by atoms with Gasteiger partial charge >= 0.3 is 0 Å². The van der Waals surface area contributed by atoms with E-state index in [1.165, 1.54) is 11.3 Å². The Hall–Kier alpha value is -2.05. The summed E-state index contributed by atoms with van der Waals surface area (Å²) in [5.74, 6) is 1.28. The number of fused-ring (bicyclic) bond motifs is 1. The smallest absolute Gasteiger partial charge is 0.273 e. The molecule has 0 saturated heterocycles. The summed E-state index contributed by atoms with van der Waals surface area (Å²) in [5.41, 5.74) is 2.01. The number of methoxy groups -OCH3 is 2. The maximum absolute atomic E-state index is 6.46. The molecule has 1 aromatic carbocycles. The van der Waals surface area contributed by atoms with Crippen LogP contribution in [0.5, 0.6) is 16.7 Å². The Balaban J connectivity index is 2.24. The summed E-state index contributed by atoms with van der Waals surface area (Å²) in [5, 5.41) is 3.75. The van der Waals surface area contributed by atoms with Crippen molar-refractivity contribution in [2.45, 2.75) is 20.0 Å². The van der Waals surface area contributed by atoms with E-state index in [2.05, 4.69) is 9.97 Å². The molecular formula is C17H17ClN2O3S. The number of ether oxygens (including phenoxy) is 3. The summed E-state index contributed by atoms with van der Waals surface area (Å²) in [6.07, 6.45) is 0.0225. The first-order valence-corrected chi connectivity index (χ1v) is 8.63. The monoisotopic (exact) mass is 364 g/mol. The number of benzene rings is 1. The molecule has 5 nitrogen and oxygen atoms in total. The zero-order chi connectivity index (χ0) is 17.3. The Morgan fingerprint density at radius 1 is 1.04 bits per heavy atom. The van der Waals surface area contributed by atoms with Gasteiger partial charge in [-0.1, -0.05) is 22.9 Å². The lowest BCUT2D eigenvalue weighted by atomic mass is 10.1. The summed E-state index contributed by atoms with van der Waals surface area (Å²) < 4.78 is 16.4. The molecule has 0 radical (unpaired) electrons. The van der Waals surface area contributed by atoms with Crippen LogP contribution in [0.15, 0.2) is 23.6 Å². The maximum Gasteiger partial charge on any atom is 0.273 e. The summed E-state index contributed by atoms with van der Waals surface area (Å²) >= 11 is 7.87. The van der Waals surface area contributed by atoms with Crippen molar-refractivity contribution >= 4 is 33.8 Å². The van der Waals surface area contributed by atoms with Crippen molar-refractivity contribution in [2.24, 2.45) is 0 Å². The highest BCUT2D eigenvalue weighted by molar-refractivity contribution is 7.11. The van der Waals surface area contributed by atoms with E-state index < -0.39 is 0 Å². The molecule has 3 aromatic rings. The molecule has 0 aliphatic carbocycles. The second-order valence-electron chi connectivity index (χ2n) is 5.35. The quantitative estimate of drug-likeness (QED) is 0.649. The molecule has 126 valence electrons. The highest BCUT2D eigenvalue weighted by Gasteiger charge is 2.16. The van der Waals surface area contributed by atoms with Crippen LogP contribution in [0, 0.1) is 0 Å². The van der Waals surface area contributed by atoms with Crippen LogP contribution in [0.3, 0.4) is 0 Å². The minimum atomic E-state index is 0.0225. The Labute approximate surface area is 149 Å². The van der Waals surface area contributed by atoms with Crippen LogP contribution in [0.2, 0.25) is 5.02 Å². The van der Waals surface area contributed by atoms with Gasteiger partial charge in [-0.15, -0.1) is 0 Å². The number of halogens is 1. The van der Waals surface area contributed by atoms with Gasteiger partial charge in [0.25, 0.3) is 5.19 Å². The van der Waals surface area contributed by atoms with Crippen molar-refractivity contribution in [3.63, 3.8) is 0 Å². The zero-order valence-electron chi connectivity index (χ0n) is 13.8. The van der Waals surface area contributed by atoms with Gasteiger partial charge in [0.1, 0.15) is 22.2 Å². The number of pyridine rings is 1. The van der Waals surface area contributed by atoms with E-state index in [1.807, 2.05) is 37.4 Å². The van der Waals surface area contributed by atoms with Crippen LogP contribution in [0.1, 0.15) is 13.8 Å². The van der Waals surface area contributed by atoms with E-state index in [4.69, 9.17) is 25.8 Å². The van der Waals surface area contributed by atoms with Crippen molar-refractivity contribution in [1.82, 2.24) is 9.97 Å². The molecule has 0 aliphatic heterocycles. The fourth-order valence-corrected chi connectivity index (χ4v) is 3.24. The van der Waals surface area contributed by atoms with Gasteiger partial charge in [0.05, 0.1) is 31.5 Å². The third-order valence-corrected chi connectivity index (χ3v) is 4.51. The number of hydrogen-bond acceptors (Lipinski definition) is 6. The predicted octanol–water partition coefficient (Wildman–Crippen LogP) is 4.82. The molecule has 2 aromatic heterocycles. The molecule has 0 aliphatic rings. The Morgan fingerprint density at radius 2 is 1.83 bits per heavy atom. The lowest BCUT2D eigenvalue weighted by Gasteiger charge is -2.15. The van der Waals surface area contributed by atoms with Crippen LogP contribution in [0.4, 0.5) is 0 Å². The first-order valence-electron chi connectivity index (χ1n) is 7.37. The summed E-state index contributed by atoms with van der Waals surface area (Å²) in [7, 11) is 3.17. The number of hydrogen-bond donors (Lipinski definition) is 0. The number of rotatable bonds is 5. The molecule has 0 N–H and O–H groups in total. The van der Waals surface area contributed by atoms with Crippen molar-refractivity contribution < 1.29 is 14.2 Å². The molecule has 0 saturated carbocycles. The van der Waals surface area contributed by atoms with Crippen molar-refractivity contribution in [2.75, 3.05) is 14.2 Å². The normalized spacial score (nSPS) is 11.1. The predicted molar refractivity (Wildman–Crippen MR) is 96.7 cm³/mol. The average molecular weight is 365 g/mol. The molecule has 0 spiro atoms. The van der Waals surface area contributed by atoms with E-state index in [-0.39, 0.29) is 6.10 Å². The third kappa shape index (κ3) is 3.12. The van der Waals surface area contributed by atoms with Gasteiger partial charge in [0.15, 0.2) is 0 Å². The molecule has 0 atom stereocenters. The van der Waals surface area contributed by atoms with E-state index in [9.17, 15) is 0 Å². The number of nitrogens with zero attached hydrogens (tertiary/aromatic N) is 2. The van der Waals surface area contributed by atoms with Gasteiger partial charge in [0.2, 0.25) is 0 Å². The first kappa shape index (κ1) is 16.8. The van der Waals surface area contributed by atoms with E-state index in [0.717, 1.165) is 5.39 Å². The second kappa shape index (κ2) is 6.83.